The molecule has 0 spiro atoms. The molecule has 3 heterocycles. The summed E-state index contributed by atoms with van der Waals surface area (Å²) in [4.78, 5) is 17.0. The number of amides is 1. The molecule has 0 atom stereocenters. The van der Waals surface area contributed by atoms with E-state index < -0.39 is 0 Å². The number of aromatic nitrogens is 4. The predicted octanol–water partition coefficient (Wildman–Crippen LogP) is 1.65. The molecular weight excluding hydrogens is 400 g/mol. The van der Waals surface area contributed by atoms with E-state index in [0.717, 1.165) is 5.82 Å². The molecule has 10 nitrogen and oxygen atoms in total. The van der Waals surface area contributed by atoms with Crippen LogP contribution in [-0.2, 0) is 0 Å². The van der Waals surface area contributed by atoms with Crippen molar-refractivity contribution in [2.75, 3.05) is 52.4 Å². The molecule has 1 fully saturated rings. The van der Waals surface area contributed by atoms with Gasteiger partial charge in [0.1, 0.15) is 0 Å². The van der Waals surface area contributed by atoms with Crippen molar-refractivity contribution in [1.82, 2.24) is 24.9 Å². The molecule has 31 heavy (non-hydrogen) atoms. The zero-order chi connectivity index (χ0) is 21.8. The van der Waals surface area contributed by atoms with Crippen molar-refractivity contribution >= 4 is 11.7 Å². The van der Waals surface area contributed by atoms with Crippen molar-refractivity contribution in [3.63, 3.8) is 0 Å². The predicted molar refractivity (Wildman–Crippen MR) is 113 cm³/mol. The number of hydrogen-bond acceptors (Lipinski definition) is 8. The third-order valence-corrected chi connectivity index (χ3v) is 5.18. The molecule has 4 rings (SSSR count). The van der Waals surface area contributed by atoms with Gasteiger partial charge >= 0.3 is 0 Å². The maximum absolute atomic E-state index is 13.1. The lowest BCUT2D eigenvalue weighted by Gasteiger charge is -2.35. The Morgan fingerprint density at radius 2 is 1.55 bits per heavy atom. The second-order valence-corrected chi connectivity index (χ2v) is 6.89. The molecule has 0 bridgehead atoms. The zero-order valence-electron chi connectivity index (χ0n) is 17.7. The van der Waals surface area contributed by atoms with E-state index in [1.165, 1.54) is 21.3 Å². The average molecular weight is 424 g/mol. The van der Waals surface area contributed by atoms with E-state index >= 15 is 0 Å². The number of hydrogen-bond donors (Lipinski definition) is 0. The van der Waals surface area contributed by atoms with Crippen molar-refractivity contribution in [1.29, 1.82) is 0 Å². The number of piperazine rings is 1. The largest absolute Gasteiger partial charge is 0.493 e. The van der Waals surface area contributed by atoms with E-state index in [2.05, 4.69) is 20.2 Å². The summed E-state index contributed by atoms with van der Waals surface area (Å²) in [5.74, 6) is 2.72. The second kappa shape index (κ2) is 8.90. The van der Waals surface area contributed by atoms with Gasteiger partial charge in [0.15, 0.2) is 23.1 Å². The first-order valence-corrected chi connectivity index (χ1v) is 9.82. The lowest BCUT2D eigenvalue weighted by molar-refractivity contribution is 0.0745. The highest BCUT2D eigenvalue weighted by Gasteiger charge is 2.25. The number of rotatable bonds is 6. The van der Waals surface area contributed by atoms with Crippen LogP contribution in [0.5, 0.6) is 17.2 Å². The van der Waals surface area contributed by atoms with E-state index in [1.807, 2.05) is 29.3 Å². The molecule has 0 N–H and O–H groups in total. The zero-order valence-corrected chi connectivity index (χ0v) is 17.7. The first-order valence-electron chi connectivity index (χ1n) is 9.82. The number of carbonyl (C=O) groups is 1. The van der Waals surface area contributed by atoms with Crippen molar-refractivity contribution < 1.29 is 19.0 Å². The Labute approximate surface area is 179 Å². The van der Waals surface area contributed by atoms with Gasteiger partial charge in [0.05, 0.1) is 21.3 Å². The summed E-state index contributed by atoms with van der Waals surface area (Å²) >= 11 is 0. The van der Waals surface area contributed by atoms with Crippen LogP contribution in [0.1, 0.15) is 10.4 Å². The van der Waals surface area contributed by atoms with Crippen LogP contribution in [0.25, 0.3) is 5.82 Å². The van der Waals surface area contributed by atoms with Crippen molar-refractivity contribution in [3.05, 3.63) is 48.3 Å². The van der Waals surface area contributed by atoms with Gasteiger partial charge in [0.25, 0.3) is 5.91 Å². The van der Waals surface area contributed by atoms with Gasteiger partial charge in [-0.2, -0.15) is 5.10 Å². The highest BCUT2D eigenvalue weighted by Crippen LogP contribution is 2.38. The third-order valence-electron chi connectivity index (χ3n) is 5.18. The normalized spacial score (nSPS) is 13.8. The van der Waals surface area contributed by atoms with Crippen molar-refractivity contribution in [3.8, 4) is 23.1 Å². The molecule has 0 unspecified atom stereocenters. The molecule has 1 amide bonds. The Morgan fingerprint density at radius 1 is 0.903 bits per heavy atom. The minimum absolute atomic E-state index is 0.0842. The van der Waals surface area contributed by atoms with Gasteiger partial charge in [-0.1, -0.05) is 0 Å². The van der Waals surface area contributed by atoms with Gasteiger partial charge in [0, 0.05) is 44.1 Å². The average Bonchev–Trinajstić information content (AvgIpc) is 3.38. The van der Waals surface area contributed by atoms with Crippen LogP contribution in [0.4, 0.5) is 5.82 Å². The summed E-state index contributed by atoms with van der Waals surface area (Å²) in [5, 5.41) is 12.7. The van der Waals surface area contributed by atoms with Crippen molar-refractivity contribution in [2.24, 2.45) is 0 Å². The van der Waals surface area contributed by atoms with E-state index in [9.17, 15) is 4.79 Å². The summed E-state index contributed by atoms with van der Waals surface area (Å²) in [7, 11) is 4.59. The van der Waals surface area contributed by atoms with Crippen LogP contribution >= 0.6 is 0 Å². The summed E-state index contributed by atoms with van der Waals surface area (Å²) in [5.41, 5.74) is 0.492. The molecule has 2 aromatic heterocycles. The van der Waals surface area contributed by atoms with E-state index in [1.54, 1.807) is 23.0 Å². The van der Waals surface area contributed by atoms with E-state index in [4.69, 9.17) is 14.2 Å². The van der Waals surface area contributed by atoms with E-state index in [-0.39, 0.29) is 5.91 Å². The molecule has 1 aromatic carbocycles. The maximum Gasteiger partial charge on any atom is 0.254 e. The Kier molecular flexibility index (Phi) is 5.87. The molecular formula is C21H24N6O4. The van der Waals surface area contributed by atoms with Crippen LogP contribution < -0.4 is 19.1 Å². The van der Waals surface area contributed by atoms with Gasteiger partial charge in [-0.3, -0.25) is 4.79 Å². The number of ether oxygens (including phenoxy) is 3. The smallest absolute Gasteiger partial charge is 0.254 e. The monoisotopic (exact) mass is 424 g/mol. The Morgan fingerprint density at radius 3 is 2.06 bits per heavy atom. The fourth-order valence-corrected chi connectivity index (χ4v) is 3.54. The fourth-order valence-electron chi connectivity index (χ4n) is 3.54. The van der Waals surface area contributed by atoms with Crippen LogP contribution in [0.3, 0.4) is 0 Å². The maximum atomic E-state index is 13.1. The molecule has 0 radical (unpaired) electrons. The van der Waals surface area contributed by atoms with Gasteiger partial charge in [-0.05, 0) is 30.3 Å². The summed E-state index contributed by atoms with van der Waals surface area (Å²) in [6, 6.07) is 8.98. The summed E-state index contributed by atoms with van der Waals surface area (Å²) < 4.78 is 17.7. The van der Waals surface area contributed by atoms with Crippen LogP contribution in [0, 0.1) is 0 Å². The molecule has 1 aliphatic heterocycles. The first kappa shape index (κ1) is 20.5. The molecule has 162 valence electrons. The second-order valence-electron chi connectivity index (χ2n) is 6.89. The number of benzene rings is 1. The van der Waals surface area contributed by atoms with Crippen molar-refractivity contribution in [2.45, 2.75) is 0 Å². The third kappa shape index (κ3) is 4.09. The first-order chi connectivity index (χ1) is 15.1. The Hall–Kier alpha value is -3.82. The highest BCUT2D eigenvalue weighted by molar-refractivity contribution is 5.95. The Balaban J connectivity index is 1.43. The topological polar surface area (TPSA) is 94.8 Å². The van der Waals surface area contributed by atoms with Gasteiger partial charge in [-0.25, -0.2) is 4.68 Å². The molecule has 0 aliphatic carbocycles. The molecule has 3 aromatic rings. The van der Waals surface area contributed by atoms with Gasteiger partial charge in [0.2, 0.25) is 5.75 Å². The highest BCUT2D eigenvalue weighted by atomic mass is 16.5. The van der Waals surface area contributed by atoms with Gasteiger partial charge < -0.3 is 24.0 Å². The minimum atomic E-state index is -0.0842. The number of methoxy groups -OCH3 is 3. The number of nitrogens with zero attached hydrogens (tertiary/aromatic N) is 6. The van der Waals surface area contributed by atoms with Crippen LogP contribution in [0.15, 0.2) is 42.7 Å². The number of anilines is 1. The number of carbonyl (C=O) groups excluding carboxylic acids is 1. The Bertz CT molecular complexity index is 1010. The summed E-state index contributed by atoms with van der Waals surface area (Å²) in [6.45, 7) is 2.45. The lowest BCUT2D eigenvalue weighted by atomic mass is 10.1. The lowest BCUT2D eigenvalue weighted by Crippen LogP contribution is -2.49. The van der Waals surface area contributed by atoms with Crippen LogP contribution in [-0.4, -0.2) is 78.3 Å². The standard InChI is InChI=1S/C21H24N6O4/c1-29-16-13-15(14-17(30-2)20(16)31-3)21(28)26-11-9-25(10-12-26)18-5-6-19(24-23-18)27-8-4-7-22-27/h4-8,13-14H,9-12H2,1-3H3. The molecule has 0 saturated carbocycles. The fraction of sp³-hybridized carbons (Fsp3) is 0.333. The minimum Gasteiger partial charge on any atom is -0.493 e. The van der Waals surface area contributed by atoms with E-state index in [0.29, 0.717) is 54.8 Å². The molecule has 10 heteroatoms. The summed E-state index contributed by atoms with van der Waals surface area (Å²) in [6.07, 6.45) is 3.51. The molecule has 1 aliphatic rings. The quantitative estimate of drug-likeness (QED) is 0.590. The van der Waals surface area contributed by atoms with Gasteiger partial charge in [-0.15, -0.1) is 10.2 Å². The molecule has 1 saturated heterocycles. The van der Waals surface area contributed by atoms with Crippen LogP contribution in [0.2, 0.25) is 0 Å². The SMILES string of the molecule is COc1cc(C(=O)N2CCN(c3ccc(-n4cccn4)nn3)CC2)cc(OC)c1OC.